The summed E-state index contributed by atoms with van der Waals surface area (Å²) in [5.41, 5.74) is 0.467. The minimum Gasteiger partial charge on any atom is -0.307 e. The molecule has 5 nitrogen and oxygen atoms in total. The summed E-state index contributed by atoms with van der Waals surface area (Å²) in [6.07, 6.45) is 2.52. The summed E-state index contributed by atoms with van der Waals surface area (Å²) in [5.74, 6) is 1.47. The number of H-pyrrole nitrogens is 1. The average Bonchev–Trinajstić information content (AvgIpc) is 2.70. The van der Waals surface area contributed by atoms with Crippen molar-refractivity contribution in [3.05, 3.63) is 5.82 Å². The highest BCUT2D eigenvalue weighted by atomic mass is 15.5. The van der Waals surface area contributed by atoms with Crippen molar-refractivity contribution in [2.75, 3.05) is 0 Å². The standard InChI is InChI=1S/C10H19N5/c1-7-4-10(2,3)5-8(7)11-6-9-12-14-15-13-9/h7-8,11H,4-6H2,1-3H3,(H,12,13,14,15). The highest BCUT2D eigenvalue weighted by molar-refractivity contribution is 4.92. The molecule has 15 heavy (non-hydrogen) atoms. The molecule has 0 radical (unpaired) electrons. The minimum atomic E-state index is 0.467. The summed E-state index contributed by atoms with van der Waals surface area (Å²) < 4.78 is 0. The van der Waals surface area contributed by atoms with E-state index in [1.54, 1.807) is 0 Å². The molecule has 2 unspecified atom stereocenters. The van der Waals surface area contributed by atoms with Crippen LogP contribution in [0, 0.1) is 11.3 Å². The van der Waals surface area contributed by atoms with Crippen LogP contribution in [-0.4, -0.2) is 26.7 Å². The minimum absolute atomic E-state index is 0.467. The molecule has 0 aromatic carbocycles. The summed E-state index contributed by atoms with van der Waals surface area (Å²) in [7, 11) is 0. The lowest BCUT2D eigenvalue weighted by molar-refractivity contribution is 0.361. The maximum Gasteiger partial charge on any atom is 0.188 e. The summed E-state index contributed by atoms with van der Waals surface area (Å²) in [6, 6.07) is 0.582. The fourth-order valence-electron chi connectivity index (χ4n) is 2.65. The van der Waals surface area contributed by atoms with E-state index in [0.717, 1.165) is 11.7 Å². The molecular weight excluding hydrogens is 190 g/mol. The second-order valence-corrected chi connectivity index (χ2v) is 5.37. The van der Waals surface area contributed by atoms with Gasteiger partial charge in [0.2, 0.25) is 0 Å². The quantitative estimate of drug-likeness (QED) is 0.782. The number of aromatic nitrogens is 4. The molecule has 84 valence electrons. The molecule has 1 aromatic heterocycles. The van der Waals surface area contributed by atoms with Crippen molar-refractivity contribution in [3.63, 3.8) is 0 Å². The lowest BCUT2D eigenvalue weighted by atomic mass is 9.91. The number of tetrazole rings is 1. The van der Waals surface area contributed by atoms with Crippen molar-refractivity contribution in [3.8, 4) is 0 Å². The third-order valence-electron chi connectivity index (χ3n) is 3.25. The van der Waals surface area contributed by atoms with Gasteiger partial charge >= 0.3 is 0 Å². The maximum absolute atomic E-state index is 3.93. The van der Waals surface area contributed by atoms with Crippen LogP contribution in [0.1, 0.15) is 39.4 Å². The molecule has 0 saturated heterocycles. The van der Waals surface area contributed by atoms with Gasteiger partial charge in [-0.15, -0.1) is 10.2 Å². The zero-order valence-corrected chi connectivity index (χ0v) is 9.62. The summed E-state index contributed by atoms with van der Waals surface area (Å²) in [4.78, 5) is 0. The molecule has 1 saturated carbocycles. The Kier molecular flexibility index (Phi) is 2.73. The number of rotatable bonds is 3. The van der Waals surface area contributed by atoms with Crippen LogP contribution in [0.4, 0.5) is 0 Å². The van der Waals surface area contributed by atoms with Gasteiger partial charge < -0.3 is 5.32 Å². The number of aromatic amines is 1. The van der Waals surface area contributed by atoms with E-state index in [1.807, 2.05) is 0 Å². The van der Waals surface area contributed by atoms with Gasteiger partial charge in [-0.05, 0) is 24.2 Å². The van der Waals surface area contributed by atoms with E-state index < -0.39 is 0 Å². The van der Waals surface area contributed by atoms with E-state index in [1.165, 1.54) is 12.8 Å². The Morgan fingerprint density at radius 2 is 2.27 bits per heavy atom. The molecule has 2 N–H and O–H groups in total. The lowest BCUT2D eigenvalue weighted by Gasteiger charge is -2.17. The molecule has 1 heterocycles. The van der Waals surface area contributed by atoms with Crippen LogP contribution in [0.3, 0.4) is 0 Å². The zero-order valence-electron chi connectivity index (χ0n) is 9.62. The second kappa shape index (κ2) is 3.89. The van der Waals surface area contributed by atoms with Crippen LogP contribution in [0.15, 0.2) is 0 Å². The normalized spacial score (nSPS) is 29.5. The number of hydrogen-bond donors (Lipinski definition) is 2. The Hall–Kier alpha value is -0.970. The Morgan fingerprint density at radius 1 is 1.47 bits per heavy atom. The predicted octanol–water partition coefficient (Wildman–Crippen LogP) is 1.11. The topological polar surface area (TPSA) is 66.5 Å². The average molecular weight is 209 g/mol. The SMILES string of the molecule is CC1CC(C)(C)CC1NCc1nn[nH]n1. The van der Waals surface area contributed by atoms with E-state index >= 15 is 0 Å². The zero-order chi connectivity index (χ0) is 10.9. The van der Waals surface area contributed by atoms with Crippen LogP contribution >= 0.6 is 0 Å². The first kappa shape index (κ1) is 10.5. The Labute approximate surface area is 90.0 Å². The molecule has 0 amide bonds. The van der Waals surface area contributed by atoms with Crippen molar-refractivity contribution in [2.45, 2.75) is 46.2 Å². The van der Waals surface area contributed by atoms with Gasteiger partial charge in [-0.3, -0.25) is 0 Å². The molecule has 0 spiro atoms. The van der Waals surface area contributed by atoms with E-state index in [-0.39, 0.29) is 0 Å². The van der Waals surface area contributed by atoms with Gasteiger partial charge in [0, 0.05) is 6.04 Å². The van der Waals surface area contributed by atoms with Gasteiger partial charge in [-0.2, -0.15) is 5.21 Å². The Morgan fingerprint density at radius 3 is 2.80 bits per heavy atom. The third kappa shape index (κ3) is 2.53. The van der Waals surface area contributed by atoms with Crippen LogP contribution < -0.4 is 5.32 Å². The fourth-order valence-corrected chi connectivity index (χ4v) is 2.65. The summed E-state index contributed by atoms with van der Waals surface area (Å²) in [5, 5.41) is 17.4. The number of hydrogen-bond acceptors (Lipinski definition) is 4. The van der Waals surface area contributed by atoms with Crippen LogP contribution in [0.5, 0.6) is 0 Å². The van der Waals surface area contributed by atoms with Crippen molar-refractivity contribution >= 4 is 0 Å². The van der Waals surface area contributed by atoms with Crippen molar-refractivity contribution in [1.82, 2.24) is 25.9 Å². The molecule has 2 rings (SSSR count). The molecule has 1 aromatic rings. The van der Waals surface area contributed by atoms with Crippen molar-refractivity contribution in [2.24, 2.45) is 11.3 Å². The van der Waals surface area contributed by atoms with Gasteiger partial charge in [0.25, 0.3) is 0 Å². The second-order valence-electron chi connectivity index (χ2n) is 5.37. The molecule has 0 bridgehead atoms. The molecule has 1 aliphatic carbocycles. The maximum atomic E-state index is 3.93. The summed E-state index contributed by atoms with van der Waals surface area (Å²) in [6.45, 7) is 7.68. The number of nitrogens with zero attached hydrogens (tertiary/aromatic N) is 3. The number of nitrogens with one attached hydrogen (secondary N) is 2. The molecular formula is C10H19N5. The molecule has 2 atom stereocenters. The lowest BCUT2D eigenvalue weighted by Crippen LogP contribution is -2.31. The Bertz CT molecular complexity index is 306. The van der Waals surface area contributed by atoms with Gasteiger partial charge in [-0.25, -0.2) is 0 Å². The highest BCUT2D eigenvalue weighted by Gasteiger charge is 2.36. The third-order valence-corrected chi connectivity index (χ3v) is 3.25. The van der Waals surface area contributed by atoms with E-state index in [9.17, 15) is 0 Å². The first-order valence-electron chi connectivity index (χ1n) is 5.52. The van der Waals surface area contributed by atoms with E-state index in [2.05, 4.69) is 46.7 Å². The molecule has 1 fully saturated rings. The summed E-state index contributed by atoms with van der Waals surface area (Å²) >= 11 is 0. The molecule has 5 heteroatoms. The Balaban J connectivity index is 1.85. The smallest absolute Gasteiger partial charge is 0.188 e. The van der Waals surface area contributed by atoms with E-state index in [0.29, 0.717) is 18.0 Å². The van der Waals surface area contributed by atoms with Gasteiger partial charge in [-0.1, -0.05) is 26.0 Å². The van der Waals surface area contributed by atoms with Crippen molar-refractivity contribution in [1.29, 1.82) is 0 Å². The largest absolute Gasteiger partial charge is 0.307 e. The highest BCUT2D eigenvalue weighted by Crippen LogP contribution is 2.40. The van der Waals surface area contributed by atoms with Crippen molar-refractivity contribution < 1.29 is 0 Å². The van der Waals surface area contributed by atoms with E-state index in [4.69, 9.17) is 0 Å². The molecule has 1 aliphatic rings. The van der Waals surface area contributed by atoms with Crippen LogP contribution in [0.25, 0.3) is 0 Å². The monoisotopic (exact) mass is 209 g/mol. The van der Waals surface area contributed by atoms with Crippen LogP contribution in [0.2, 0.25) is 0 Å². The van der Waals surface area contributed by atoms with Gasteiger partial charge in [0.05, 0.1) is 6.54 Å². The predicted molar refractivity (Wildman–Crippen MR) is 57.0 cm³/mol. The fraction of sp³-hybridized carbons (Fsp3) is 0.900. The first-order chi connectivity index (χ1) is 7.07. The van der Waals surface area contributed by atoms with Gasteiger partial charge in [0.15, 0.2) is 5.82 Å². The molecule has 0 aliphatic heterocycles. The van der Waals surface area contributed by atoms with Gasteiger partial charge in [0.1, 0.15) is 0 Å². The first-order valence-corrected chi connectivity index (χ1v) is 5.52. The van der Waals surface area contributed by atoms with Crippen LogP contribution in [-0.2, 0) is 6.54 Å².